The molecule has 2 heterocycles. The summed E-state index contributed by atoms with van der Waals surface area (Å²) in [6.45, 7) is 4.29. The first-order valence-electron chi connectivity index (χ1n) is 8.29. The first kappa shape index (κ1) is 15.7. The summed E-state index contributed by atoms with van der Waals surface area (Å²) in [6.07, 6.45) is 4.06. The predicted molar refractivity (Wildman–Crippen MR) is 89.9 cm³/mol. The summed E-state index contributed by atoms with van der Waals surface area (Å²) >= 11 is 0. The highest BCUT2D eigenvalue weighted by Gasteiger charge is 2.24. The summed E-state index contributed by atoms with van der Waals surface area (Å²) in [7, 11) is 0. The Morgan fingerprint density at radius 3 is 2.70 bits per heavy atom. The van der Waals surface area contributed by atoms with Crippen molar-refractivity contribution in [3.05, 3.63) is 53.9 Å². The maximum atomic E-state index is 12.0. The minimum atomic E-state index is 0.0730. The van der Waals surface area contributed by atoms with E-state index in [4.69, 9.17) is 0 Å². The molecule has 0 aliphatic carbocycles. The highest BCUT2D eigenvalue weighted by molar-refractivity contribution is 5.78. The zero-order chi connectivity index (χ0) is 16.1. The Kier molecular flexibility index (Phi) is 5.08. The number of likely N-dealkylation sites (tertiary alicyclic amines) is 1. The molecule has 2 N–H and O–H groups in total. The van der Waals surface area contributed by atoms with Gasteiger partial charge >= 0.3 is 0 Å². The second-order valence-electron chi connectivity index (χ2n) is 6.22. The number of piperidine rings is 1. The summed E-state index contributed by atoms with van der Waals surface area (Å²) < 4.78 is 0. The lowest BCUT2D eigenvalue weighted by Gasteiger charge is -2.36. The van der Waals surface area contributed by atoms with Gasteiger partial charge in [0, 0.05) is 37.1 Å². The van der Waals surface area contributed by atoms with Gasteiger partial charge in [-0.05, 0) is 31.4 Å². The van der Waals surface area contributed by atoms with E-state index in [1.807, 2.05) is 6.07 Å². The van der Waals surface area contributed by atoms with E-state index >= 15 is 0 Å². The van der Waals surface area contributed by atoms with E-state index < -0.39 is 0 Å². The summed E-state index contributed by atoms with van der Waals surface area (Å²) in [4.78, 5) is 14.5. The number of carbonyl (C=O) groups excluding carboxylic acids is 1. The Morgan fingerprint density at radius 2 is 2.04 bits per heavy atom. The molecule has 1 atom stereocenters. The summed E-state index contributed by atoms with van der Waals surface area (Å²) in [6, 6.07) is 13.2. The smallest absolute Gasteiger partial charge is 0.226 e. The molecule has 5 heteroatoms. The van der Waals surface area contributed by atoms with Crippen molar-refractivity contribution in [2.75, 3.05) is 13.1 Å². The third-order valence-corrected chi connectivity index (χ3v) is 4.63. The summed E-state index contributed by atoms with van der Waals surface area (Å²) in [5.41, 5.74) is 2.21. The SMILES string of the molecule is CC(c1ccccc1)N1CCC(NC(=O)Cc2ccn[nH]2)CC1. The molecular formula is C18H24N4O. The van der Waals surface area contributed by atoms with Crippen LogP contribution in [0.1, 0.15) is 37.1 Å². The molecule has 3 rings (SSSR count). The lowest BCUT2D eigenvalue weighted by atomic mass is 10.00. The van der Waals surface area contributed by atoms with Gasteiger partial charge in [0.25, 0.3) is 0 Å². The van der Waals surface area contributed by atoms with Gasteiger partial charge in [0.1, 0.15) is 0 Å². The number of benzene rings is 1. The summed E-state index contributed by atoms with van der Waals surface area (Å²) in [5, 5.41) is 9.84. The zero-order valence-corrected chi connectivity index (χ0v) is 13.5. The fraction of sp³-hybridized carbons (Fsp3) is 0.444. The van der Waals surface area contributed by atoms with Crippen LogP contribution in [0.3, 0.4) is 0 Å². The fourth-order valence-electron chi connectivity index (χ4n) is 3.21. The molecule has 1 aliphatic heterocycles. The van der Waals surface area contributed by atoms with E-state index in [1.54, 1.807) is 6.20 Å². The van der Waals surface area contributed by atoms with E-state index in [2.05, 4.69) is 57.7 Å². The molecule has 1 aromatic carbocycles. The molecule has 5 nitrogen and oxygen atoms in total. The molecule has 122 valence electrons. The van der Waals surface area contributed by atoms with Crippen molar-refractivity contribution < 1.29 is 4.79 Å². The third-order valence-electron chi connectivity index (χ3n) is 4.63. The number of hydrogen-bond donors (Lipinski definition) is 2. The predicted octanol–water partition coefficient (Wildman–Crippen LogP) is 2.29. The van der Waals surface area contributed by atoms with Crippen LogP contribution in [0.5, 0.6) is 0 Å². The van der Waals surface area contributed by atoms with Gasteiger partial charge < -0.3 is 5.32 Å². The fourth-order valence-corrected chi connectivity index (χ4v) is 3.21. The van der Waals surface area contributed by atoms with Gasteiger partial charge in [-0.25, -0.2) is 0 Å². The quantitative estimate of drug-likeness (QED) is 0.890. The molecule has 23 heavy (non-hydrogen) atoms. The molecule has 0 saturated carbocycles. The lowest BCUT2D eigenvalue weighted by molar-refractivity contribution is -0.121. The van der Waals surface area contributed by atoms with Crippen molar-refractivity contribution in [2.45, 2.75) is 38.3 Å². The Morgan fingerprint density at radius 1 is 1.30 bits per heavy atom. The number of aromatic amines is 1. The minimum Gasteiger partial charge on any atom is -0.353 e. The minimum absolute atomic E-state index is 0.0730. The van der Waals surface area contributed by atoms with Crippen molar-refractivity contribution in [1.29, 1.82) is 0 Å². The summed E-state index contributed by atoms with van der Waals surface area (Å²) in [5.74, 6) is 0.0730. The van der Waals surface area contributed by atoms with E-state index in [9.17, 15) is 4.79 Å². The van der Waals surface area contributed by atoms with Gasteiger partial charge in [-0.3, -0.25) is 14.8 Å². The third kappa shape index (κ3) is 4.20. The molecule has 1 amide bonds. The molecule has 2 aromatic rings. The number of nitrogens with zero attached hydrogens (tertiary/aromatic N) is 2. The normalized spacial score (nSPS) is 17.8. The van der Waals surface area contributed by atoms with Crippen LogP contribution < -0.4 is 5.32 Å². The van der Waals surface area contributed by atoms with E-state index in [-0.39, 0.29) is 11.9 Å². The van der Waals surface area contributed by atoms with Crippen LogP contribution in [-0.2, 0) is 11.2 Å². The number of amides is 1. The molecule has 1 aromatic heterocycles. The number of rotatable bonds is 5. The number of carbonyl (C=O) groups is 1. The van der Waals surface area contributed by atoms with Crippen molar-refractivity contribution in [1.82, 2.24) is 20.4 Å². The Bertz CT molecular complexity index is 603. The van der Waals surface area contributed by atoms with E-state index in [1.165, 1.54) is 5.56 Å². The molecule has 1 fully saturated rings. The number of hydrogen-bond acceptors (Lipinski definition) is 3. The van der Waals surface area contributed by atoms with Crippen LogP contribution in [0, 0.1) is 0 Å². The Balaban J connectivity index is 1.46. The maximum Gasteiger partial charge on any atom is 0.226 e. The Labute approximate surface area is 137 Å². The van der Waals surface area contributed by atoms with Gasteiger partial charge in [0.2, 0.25) is 5.91 Å². The van der Waals surface area contributed by atoms with E-state index in [0.29, 0.717) is 12.5 Å². The number of aromatic nitrogens is 2. The molecule has 0 bridgehead atoms. The van der Waals surface area contributed by atoms with Gasteiger partial charge in [-0.1, -0.05) is 30.3 Å². The Hall–Kier alpha value is -2.14. The average molecular weight is 312 g/mol. The van der Waals surface area contributed by atoms with Crippen LogP contribution in [0.2, 0.25) is 0 Å². The molecule has 0 radical (unpaired) electrons. The van der Waals surface area contributed by atoms with Crippen LogP contribution in [0.4, 0.5) is 0 Å². The second kappa shape index (κ2) is 7.42. The highest BCUT2D eigenvalue weighted by Crippen LogP contribution is 2.23. The van der Waals surface area contributed by atoms with Gasteiger partial charge in [0.05, 0.1) is 6.42 Å². The van der Waals surface area contributed by atoms with Crippen molar-refractivity contribution in [2.24, 2.45) is 0 Å². The topological polar surface area (TPSA) is 61.0 Å². The second-order valence-corrected chi connectivity index (χ2v) is 6.22. The van der Waals surface area contributed by atoms with Gasteiger partial charge in [-0.15, -0.1) is 0 Å². The number of H-pyrrole nitrogens is 1. The van der Waals surface area contributed by atoms with Crippen molar-refractivity contribution in [3.8, 4) is 0 Å². The monoisotopic (exact) mass is 312 g/mol. The average Bonchev–Trinajstić information content (AvgIpc) is 3.08. The number of nitrogens with one attached hydrogen (secondary N) is 2. The maximum absolute atomic E-state index is 12.0. The van der Waals surface area contributed by atoms with Crippen LogP contribution in [0.15, 0.2) is 42.6 Å². The van der Waals surface area contributed by atoms with Crippen molar-refractivity contribution in [3.63, 3.8) is 0 Å². The molecule has 1 aliphatic rings. The van der Waals surface area contributed by atoms with E-state index in [0.717, 1.165) is 31.6 Å². The zero-order valence-electron chi connectivity index (χ0n) is 13.5. The van der Waals surface area contributed by atoms with Gasteiger partial charge in [0.15, 0.2) is 0 Å². The standard InChI is InChI=1S/C18H24N4O/c1-14(15-5-3-2-4-6-15)22-11-8-16(9-12-22)20-18(23)13-17-7-10-19-21-17/h2-7,10,14,16H,8-9,11-13H2,1H3,(H,19,21)(H,20,23). The molecule has 1 unspecified atom stereocenters. The van der Waals surface area contributed by atoms with Crippen LogP contribution in [0.25, 0.3) is 0 Å². The largest absolute Gasteiger partial charge is 0.353 e. The van der Waals surface area contributed by atoms with Crippen LogP contribution in [-0.4, -0.2) is 40.1 Å². The van der Waals surface area contributed by atoms with Crippen LogP contribution >= 0.6 is 0 Å². The lowest BCUT2D eigenvalue weighted by Crippen LogP contribution is -2.45. The highest BCUT2D eigenvalue weighted by atomic mass is 16.1. The van der Waals surface area contributed by atoms with Crippen molar-refractivity contribution >= 4 is 5.91 Å². The van der Waals surface area contributed by atoms with Gasteiger partial charge in [-0.2, -0.15) is 5.10 Å². The first-order valence-corrected chi connectivity index (χ1v) is 8.29. The molecular weight excluding hydrogens is 288 g/mol. The first-order chi connectivity index (χ1) is 11.2. The molecule has 0 spiro atoms. The molecule has 1 saturated heterocycles.